The first-order valence-electron chi connectivity index (χ1n) is 11.2. The minimum absolute atomic E-state index is 0.0223. The first-order chi connectivity index (χ1) is 14.6. The van der Waals surface area contributed by atoms with Crippen LogP contribution in [0.25, 0.3) is 0 Å². The van der Waals surface area contributed by atoms with E-state index in [4.69, 9.17) is 18.9 Å². The minimum Gasteiger partial charge on any atom is -0.493 e. The normalized spacial score (nSPS) is 24.4. The van der Waals surface area contributed by atoms with Crippen LogP contribution < -0.4 is 14.8 Å². The summed E-state index contributed by atoms with van der Waals surface area (Å²) in [5.41, 5.74) is 1.18. The Kier molecular flexibility index (Phi) is 8.63. The summed E-state index contributed by atoms with van der Waals surface area (Å²) in [7, 11) is 3.30. The van der Waals surface area contributed by atoms with Crippen LogP contribution in [0.3, 0.4) is 0 Å². The van der Waals surface area contributed by atoms with Crippen molar-refractivity contribution < 1.29 is 23.7 Å². The summed E-state index contributed by atoms with van der Waals surface area (Å²) in [6.45, 7) is 4.94. The number of carbonyl (C=O) groups is 1. The summed E-state index contributed by atoms with van der Waals surface area (Å²) < 4.78 is 22.6. The molecule has 0 unspecified atom stereocenters. The van der Waals surface area contributed by atoms with Gasteiger partial charge in [-0.1, -0.05) is 18.9 Å². The lowest BCUT2D eigenvalue weighted by atomic mass is 9.91. The number of hydrogen-bond acceptors (Lipinski definition) is 6. The first kappa shape index (κ1) is 22.7. The largest absolute Gasteiger partial charge is 0.493 e. The second kappa shape index (κ2) is 11.4. The summed E-state index contributed by atoms with van der Waals surface area (Å²) in [5.74, 6) is 1.49. The van der Waals surface area contributed by atoms with Crippen LogP contribution in [-0.4, -0.2) is 69.7 Å². The predicted octanol–water partition coefficient (Wildman–Crippen LogP) is 3.39. The van der Waals surface area contributed by atoms with E-state index in [0.29, 0.717) is 19.2 Å². The van der Waals surface area contributed by atoms with Gasteiger partial charge in [-0.2, -0.15) is 0 Å². The van der Waals surface area contributed by atoms with Crippen LogP contribution in [0, 0.1) is 0 Å². The third-order valence-electron chi connectivity index (χ3n) is 6.08. The van der Waals surface area contributed by atoms with Crippen molar-refractivity contribution in [1.82, 2.24) is 10.2 Å². The van der Waals surface area contributed by atoms with E-state index in [1.807, 2.05) is 19.1 Å². The van der Waals surface area contributed by atoms with E-state index in [1.165, 1.54) is 18.4 Å². The van der Waals surface area contributed by atoms with Crippen LogP contribution in [0.1, 0.15) is 44.6 Å². The maximum Gasteiger partial charge on any atom is 0.407 e. The van der Waals surface area contributed by atoms with Crippen LogP contribution in [0.4, 0.5) is 4.79 Å². The van der Waals surface area contributed by atoms with Crippen molar-refractivity contribution in [2.45, 2.75) is 63.7 Å². The van der Waals surface area contributed by atoms with Crippen LogP contribution in [-0.2, 0) is 15.9 Å². The first-order valence-corrected chi connectivity index (χ1v) is 11.2. The molecule has 0 spiro atoms. The summed E-state index contributed by atoms with van der Waals surface area (Å²) in [6.07, 6.45) is 6.33. The van der Waals surface area contributed by atoms with Gasteiger partial charge in [0.2, 0.25) is 0 Å². The number of likely N-dealkylation sites (tertiary alicyclic amines) is 1. The Hall–Kier alpha value is -1.99. The number of benzene rings is 1. The molecule has 0 aromatic heterocycles. The highest BCUT2D eigenvalue weighted by Crippen LogP contribution is 2.30. The second-order valence-electron chi connectivity index (χ2n) is 8.04. The lowest BCUT2D eigenvalue weighted by molar-refractivity contribution is -0.0319. The average Bonchev–Trinajstić information content (AvgIpc) is 3.22. The van der Waals surface area contributed by atoms with Crippen molar-refractivity contribution >= 4 is 6.09 Å². The van der Waals surface area contributed by atoms with E-state index in [9.17, 15) is 4.79 Å². The Morgan fingerprint density at radius 1 is 1.13 bits per heavy atom. The Labute approximate surface area is 180 Å². The summed E-state index contributed by atoms with van der Waals surface area (Å²) in [5, 5.41) is 2.71. The summed E-state index contributed by atoms with van der Waals surface area (Å²) >= 11 is 0. The Morgan fingerprint density at radius 3 is 2.70 bits per heavy atom. The molecule has 1 aliphatic carbocycles. The number of alkyl carbamates (subject to hydrolysis) is 1. The molecule has 1 aromatic rings. The van der Waals surface area contributed by atoms with Crippen LogP contribution in [0.5, 0.6) is 11.5 Å². The maximum atomic E-state index is 11.7. The molecule has 2 fully saturated rings. The molecule has 1 aromatic carbocycles. The van der Waals surface area contributed by atoms with E-state index >= 15 is 0 Å². The van der Waals surface area contributed by atoms with Gasteiger partial charge in [0, 0.05) is 25.7 Å². The van der Waals surface area contributed by atoms with Gasteiger partial charge >= 0.3 is 6.09 Å². The molecule has 7 heteroatoms. The van der Waals surface area contributed by atoms with Gasteiger partial charge in [-0.25, -0.2) is 4.79 Å². The van der Waals surface area contributed by atoms with Gasteiger partial charge in [0.1, 0.15) is 6.10 Å². The van der Waals surface area contributed by atoms with Crippen molar-refractivity contribution in [3.8, 4) is 11.5 Å². The molecule has 1 saturated carbocycles. The fourth-order valence-corrected chi connectivity index (χ4v) is 4.54. The van der Waals surface area contributed by atoms with Gasteiger partial charge < -0.3 is 24.3 Å². The van der Waals surface area contributed by atoms with Gasteiger partial charge in [-0.05, 0) is 50.3 Å². The van der Waals surface area contributed by atoms with Gasteiger partial charge in [-0.3, -0.25) is 4.90 Å². The smallest absolute Gasteiger partial charge is 0.407 e. The van der Waals surface area contributed by atoms with Crippen molar-refractivity contribution in [1.29, 1.82) is 0 Å². The van der Waals surface area contributed by atoms with Gasteiger partial charge in [-0.15, -0.1) is 0 Å². The van der Waals surface area contributed by atoms with E-state index < -0.39 is 0 Å². The number of amides is 1. The molecule has 1 amide bonds. The van der Waals surface area contributed by atoms with E-state index in [2.05, 4.69) is 16.3 Å². The topological polar surface area (TPSA) is 69.3 Å². The van der Waals surface area contributed by atoms with Crippen molar-refractivity contribution in [3.63, 3.8) is 0 Å². The highest BCUT2D eigenvalue weighted by Gasteiger charge is 2.36. The fraction of sp³-hybridized carbons (Fsp3) is 0.696. The number of rotatable bonds is 9. The number of hydrogen-bond donors (Lipinski definition) is 1. The van der Waals surface area contributed by atoms with Gasteiger partial charge in [0.15, 0.2) is 11.5 Å². The third-order valence-corrected chi connectivity index (χ3v) is 6.08. The molecule has 3 rings (SSSR count). The molecule has 0 radical (unpaired) electrons. The molecule has 2 aliphatic rings. The number of carbonyl (C=O) groups excluding carboxylic acids is 1. The van der Waals surface area contributed by atoms with E-state index in [-0.39, 0.29) is 18.3 Å². The minimum atomic E-state index is -0.310. The number of nitrogens with zero attached hydrogens (tertiary/aromatic N) is 1. The zero-order chi connectivity index (χ0) is 21.3. The average molecular weight is 421 g/mol. The molecule has 168 valence electrons. The molecule has 30 heavy (non-hydrogen) atoms. The van der Waals surface area contributed by atoms with Gasteiger partial charge in [0.05, 0.1) is 26.9 Å². The molecule has 0 bridgehead atoms. The number of nitrogens with one attached hydrogen (secondary N) is 1. The van der Waals surface area contributed by atoms with Crippen molar-refractivity contribution in [3.05, 3.63) is 23.8 Å². The van der Waals surface area contributed by atoms with E-state index in [0.717, 1.165) is 50.3 Å². The lowest BCUT2D eigenvalue weighted by Crippen LogP contribution is -2.46. The molecule has 1 saturated heterocycles. The molecule has 1 heterocycles. The van der Waals surface area contributed by atoms with Gasteiger partial charge in [0.25, 0.3) is 0 Å². The monoisotopic (exact) mass is 420 g/mol. The Morgan fingerprint density at radius 2 is 1.93 bits per heavy atom. The number of methoxy groups -OCH3 is 2. The third kappa shape index (κ3) is 6.01. The Bertz CT molecular complexity index is 684. The molecule has 1 aliphatic heterocycles. The Balaban J connectivity index is 1.50. The quantitative estimate of drug-likeness (QED) is 0.660. The molecule has 1 N–H and O–H groups in total. The van der Waals surface area contributed by atoms with E-state index in [1.54, 1.807) is 14.2 Å². The van der Waals surface area contributed by atoms with Crippen LogP contribution in [0.15, 0.2) is 18.2 Å². The molecular weight excluding hydrogens is 384 g/mol. The maximum absolute atomic E-state index is 11.7. The molecule has 7 nitrogen and oxygen atoms in total. The lowest BCUT2D eigenvalue weighted by Gasteiger charge is -2.37. The molecular formula is C23H36N2O5. The highest BCUT2D eigenvalue weighted by molar-refractivity contribution is 5.67. The molecule has 3 atom stereocenters. The summed E-state index contributed by atoms with van der Waals surface area (Å²) in [4.78, 5) is 14.2. The SMILES string of the molecule is CCNC(=O)O[C@@H]1CCN([C@@H]2CCCC[C@H]2OCCc2ccc(OC)c(OC)c2)C1. The zero-order valence-electron chi connectivity index (χ0n) is 18.5. The van der Waals surface area contributed by atoms with Crippen LogP contribution in [0.2, 0.25) is 0 Å². The number of ether oxygens (including phenoxy) is 4. The summed E-state index contributed by atoms with van der Waals surface area (Å²) in [6, 6.07) is 6.43. The zero-order valence-corrected chi connectivity index (χ0v) is 18.5. The second-order valence-corrected chi connectivity index (χ2v) is 8.04. The standard InChI is InChI=1S/C23H36N2O5/c1-4-24-23(26)30-18-11-13-25(16-18)19-7-5-6-8-20(19)29-14-12-17-9-10-21(27-2)22(15-17)28-3/h9-10,15,18-20H,4-8,11-14,16H2,1-3H3,(H,24,26)/t18-,19-,20-/m1/s1. The predicted molar refractivity (Wildman–Crippen MR) is 115 cm³/mol. The van der Waals surface area contributed by atoms with Crippen LogP contribution >= 0.6 is 0 Å². The highest BCUT2D eigenvalue weighted by atomic mass is 16.6. The van der Waals surface area contributed by atoms with Crippen molar-refractivity contribution in [2.24, 2.45) is 0 Å². The van der Waals surface area contributed by atoms with Crippen molar-refractivity contribution in [2.75, 3.05) is 40.5 Å². The fourth-order valence-electron chi connectivity index (χ4n) is 4.54.